The molecule has 0 saturated carbocycles. The molecule has 2 aliphatic heterocycles. The Morgan fingerprint density at radius 3 is 2.74 bits per heavy atom. The topological polar surface area (TPSA) is 62.7 Å². The molecule has 3 heterocycles. The van der Waals surface area contributed by atoms with Crippen molar-refractivity contribution in [3.05, 3.63) is 81.1 Å². The number of thioether (sulfide) groups is 1. The van der Waals surface area contributed by atoms with Gasteiger partial charge in [-0.15, -0.1) is 11.3 Å². The predicted molar refractivity (Wildman–Crippen MR) is 135 cm³/mol. The van der Waals surface area contributed by atoms with Gasteiger partial charge in [-0.1, -0.05) is 18.2 Å². The number of fused-ring (bicyclic) bond motifs is 1. The molecule has 2 amide bonds. The molecule has 0 aliphatic carbocycles. The van der Waals surface area contributed by atoms with Crippen molar-refractivity contribution in [2.75, 3.05) is 31.1 Å². The van der Waals surface area contributed by atoms with Gasteiger partial charge in [0, 0.05) is 43.4 Å². The van der Waals surface area contributed by atoms with E-state index in [0.717, 1.165) is 52.7 Å². The molecule has 6 nitrogen and oxygen atoms in total. The van der Waals surface area contributed by atoms with E-state index < -0.39 is 0 Å². The first kappa shape index (κ1) is 23.8. The van der Waals surface area contributed by atoms with Gasteiger partial charge in [-0.05, 0) is 47.4 Å². The van der Waals surface area contributed by atoms with Crippen LogP contribution in [0.4, 0.5) is 4.39 Å². The zero-order valence-electron chi connectivity index (χ0n) is 19.4. The third-order valence-corrected chi connectivity index (χ3v) is 8.11. The number of hydrogen-bond donors (Lipinski definition) is 0. The minimum absolute atomic E-state index is 0.0242. The van der Waals surface area contributed by atoms with Gasteiger partial charge >= 0.3 is 0 Å². The highest BCUT2D eigenvalue weighted by Crippen LogP contribution is 2.37. The molecule has 0 N–H and O–H groups in total. The third-order valence-electron chi connectivity index (χ3n) is 6.35. The molecule has 1 saturated heterocycles. The van der Waals surface area contributed by atoms with Gasteiger partial charge < -0.3 is 14.5 Å². The Bertz CT molecular complexity index is 1240. The van der Waals surface area contributed by atoms with Crippen LogP contribution < -0.4 is 4.74 Å². The first-order valence-electron chi connectivity index (χ1n) is 11.6. The summed E-state index contributed by atoms with van der Waals surface area (Å²) in [4.78, 5) is 33.2. The zero-order valence-corrected chi connectivity index (χ0v) is 21.0. The molecule has 9 heteroatoms. The molecule has 2 aromatic carbocycles. The van der Waals surface area contributed by atoms with Gasteiger partial charge in [-0.3, -0.25) is 9.59 Å². The van der Waals surface area contributed by atoms with Crippen molar-refractivity contribution < 1.29 is 18.7 Å². The van der Waals surface area contributed by atoms with Crippen molar-refractivity contribution in [3.8, 4) is 5.75 Å². The van der Waals surface area contributed by atoms with E-state index in [1.54, 1.807) is 23.3 Å². The number of ether oxygens (including phenoxy) is 1. The summed E-state index contributed by atoms with van der Waals surface area (Å²) in [7, 11) is 0. The molecular weight excluding hydrogens is 485 g/mol. The molecule has 35 heavy (non-hydrogen) atoms. The number of carbonyl (C=O) groups is 2. The Kier molecular flexibility index (Phi) is 7.06. The minimum Gasteiger partial charge on any atom is -0.486 e. The number of carbonyl (C=O) groups excluding carboxylic acids is 2. The Morgan fingerprint density at radius 2 is 1.97 bits per heavy atom. The molecule has 1 aromatic heterocycles. The van der Waals surface area contributed by atoms with E-state index in [2.05, 4.69) is 4.98 Å². The molecule has 3 aromatic rings. The average molecular weight is 512 g/mol. The van der Waals surface area contributed by atoms with Crippen LogP contribution in [0, 0.1) is 5.82 Å². The van der Waals surface area contributed by atoms with E-state index in [4.69, 9.17) is 4.74 Å². The quantitative estimate of drug-likeness (QED) is 0.503. The van der Waals surface area contributed by atoms with Crippen molar-refractivity contribution in [2.45, 2.75) is 26.0 Å². The van der Waals surface area contributed by atoms with E-state index in [-0.39, 0.29) is 30.3 Å². The molecular formula is C26H26FN3O3S2. The number of nitrogens with zero attached hydrogens (tertiary/aromatic N) is 3. The first-order chi connectivity index (χ1) is 17.0. The van der Waals surface area contributed by atoms with E-state index in [9.17, 15) is 14.0 Å². The fraction of sp³-hybridized carbons (Fsp3) is 0.346. The summed E-state index contributed by atoms with van der Waals surface area (Å²) >= 11 is 3.27. The molecule has 0 radical (unpaired) electrons. The standard InChI is InChI=1S/C26H26FN3O3S2/c1-17(31)30-8-7-18-5-6-21(14-22(18)25(30)19-3-2-4-20(27)13-19)33-15-24-28-23(16-35-24)26(32)29-9-11-34-12-10-29/h2-6,13-14,16,25H,7-12,15H2,1H3. The minimum atomic E-state index is -0.373. The molecule has 1 atom stereocenters. The second-order valence-corrected chi connectivity index (χ2v) is 10.8. The largest absolute Gasteiger partial charge is 0.486 e. The third kappa shape index (κ3) is 5.21. The van der Waals surface area contributed by atoms with Crippen molar-refractivity contribution in [3.63, 3.8) is 0 Å². The zero-order chi connectivity index (χ0) is 24.4. The molecule has 0 spiro atoms. The predicted octanol–water partition coefficient (Wildman–Crippen LogP) is 4.54. The van der Waals surface area contributed by atoms with Crippen LogP contribution in [0.25, 0.3) is 0 Å². The maximum atomic E-state index is 14.0. The van der Waals surface area contributed by atoms with Crippen molar-refractivity contribution in [2.24, 2.45) is 0 Å². The van der Waals surface area contributed by atoms with Crippen LogP contribution in [0.15, 0.2) is 47.8 Å². The number of halogens is 1. The number of aromatic nitrogens is 1. The SMILES string of the molecule is CC(=O)N1CCc2ccc(OCc3nc(C(=O)N4CCSCC4)cs3)cc2C1c1cccc(F)c1. The Morgan fingerprint density at radius 1 is 1.14 bits per heavy atom. The summed E-state index contributed by atoms with van der Waals surface area (Å²) < 4.78 is 20.1. The second-order valence-electron chi connectivity index (χ2n) is 8.60. The number of hydrogen-bond acceptors (Lipinski definition) is 6. The molecule has 0 bridgehead atoms. The van der Waals surface area contributed by atoms with E-state index in [1.807, 2.05) is 40.9 Å². The highest BCUT2D eigenvalue weighted by Gasteiger charge is 2.31. The maximum Gasteiger partial charge on any atom is 0.273 e. The summed E-state index contributed by atoms with van der Waals surface area (Å²) in [5, 5.41) is 2.52. The number of thiazole rings is 1. The normalized spacial score (nSPS) is 17.7. The Labute approximate surface area is 212 Å². The van der Waals surface area contributed by atoms with Crippen LogP contribution in [-0.2, 0) is 17.8 Å². The van der Waals surface area contributed by atoms with E-state index in [0.29, 0.717) is 18.0 Å². The van der Waals surface area contributed by atoms with Gasteiger partial charge in [0.1, 0.15) is 28.9 Å². The van der Waals surface area contributed by atoms with Crippen molar-refractivity contribution >= 4 is 34.9 Å². The smallest absolute Gasteiger partial charge is 0.273 e. The van der Waals surface area contributed by atoms with Crippen LogP contribution in [-0.4, -0.2) is 57.7 Å². The highest BCUT2D eigenvalue weighted by molar-refractivity contribution is 7.99. The van der Waals surface area contributed by atoms with Gasteiger partial charge in [-0.25, -0.2) is 9.37 Å². The van der Waals surface area contributed by atoms with Gasteiger partial charge in [-0.2, -0.15) is 11.8 Å². The van der Waals surface area contributed by atoms with Gasteiger partial charge in [0.05, 0.1) is 6.04 Å². The fourth-order valence-electron chi connectivity index (χ4n) is 4.61. The van der Waals surface area contributed by atoms with Crippen LogP contribution in [0.2, 0.25) is 0 Å². The van der Waals surface area contributed by atoms with Gasteiger partial charge in [0.25, 0.3) is 5.91 Å². The Balaban J connectivity index is 1.34. The lowest BCUT2D eigenvalue weighted by Crippen LogP contribution is -2.39. The fourth-order valence-corrected chi connectivity index (χ4v) is 6.19. The van der Waals surface area contributed by atoms with E-state index in [1.165, 1.54) is 23.5 Å². The number of rotatable bonds is 5. The van der Waals surface area contributed by atoms with E-state index >= 15 is 0 Å². The van der Waals surface area contributed by atoms with Crippen LogP contribution in [0.5, 0.6) is 5.75 Å². The lowest BCUT2D eigenvalue weighted by molar-refractivity contribution is -0.130. The molecule has 1 unspecified atom stereocenters. The van der Waals surface area contributed by atoms with Crippen LogP contribution in [0.1, 0.15) is 45.2 Å². The maximum absolute atomic E-state index is 14.0. The summed E-state index contributed by atoms with van der Waals surface area (Å²) in [6.07, 6.45) is 0.730. The highest BCUT2D eigenvalue weighted by atomic mass is 32.2. The first-order valence-corrected chi connectivity index (χ1v) is 13.6. The van der Waals surface area contributed by atoms with Crippen LogP contribution in [0.3, 0.4) is 0 Å². The summed E-state index contributed by atoms with van der Waals surface area (Å²) in [6, 6.07) is 11.9. The molecule has 5 rings (SSSR count). The summed E-state index contributed by atoms with van der Waals surface area (Å²) in [6.45, 7) is 3.88. The second kappa shape index (κ2) is 10.4. The van der Waals surface area contributed by atoms with Crippen molar-refractivity contribution in [1.82, 2.24) is 14.8 Å². The Hall–Kier alpha value is -2.91. The molecule has 1 fully saturated rings. The van der Waals surface area contributed by atoms with Crippen LogP contribution >= 0.6 is 23.1 Å². The summed E-state index contributed by atoms with van der Waals surface area (Å²) in [5.41, 5.74) is 3.25. The molecule has 182 valence electrons. The van der Waals surface area contributed by atoms with Crippen molar-refractivity contribution in [1.29, 1.82) is 0 Å². The lowest BCUT2D eigenvalue weighted by Gasteiger charge is -2.37. The summed E-state index contributed by atoms with van der Waals surface area (Å²) in [5.74, 6) is 2.16. The average Bonchev–Trinajstić information content (AvgIpc) is 3.35. The monoisotopic (exact) mass is 511 g/mol. The van der Waals surface area contributed by atoms with Gasteiger partial charge in [0.2, 0.25) is 5.91 Å². The van der Waals surface area contributed by atoms with Gasteiger partial charge in [0.15, 0.2) is 0 Å². The number of amides is 2. The lowest BCUT2D eigenvalue weighted by atomic mass is 9.88. The molecule has 2 aliphatic rings. The number of benzene rings is 2.